The van der Waals surface area contributed by atoms with E-state index >= 15 is 0 Å². The fourth-order valence-corrected chi connectivity index (χ4v) is 3.48. The molecule has 0 aliphatic carbocycles. The first-order valence-corrected chi connectivity index (χ1v) is 9.27. The molecule has 0 radical (unpaired) electrons. The van der Waals surface area contributed by atoms with Crippen LogP contribution in [0.1, 0.15) is 16.2 Å². The first kappa shape index (κ1) is 17.7. The van der Waals surface area contributed by atoms with Gasteiger partial charge in [-0.25, -0.2) is 4.98 Å². The molecule has 2 aromatic carbocycles. The number of carbonyl (C=O) groups excluding carboxylic acids is 1. The third kappa shape index (κ3) is 4.18. The minimum Gasteiger partial charge on any atom is -0.497 e. The molecule has 0 saturated carbocycles. The standard InChI is InChI=1S/C21H24N4O2/c1-27-17-7-8-18-19(13-17)23-21(22-18)15-25-11-9-24(10-12-25)14-20(26)16-5-3-2-4-6-16/h2-8,13H,9-12,14-15H2,1H3,(H,22,23). The van der Waals surface area contributed by atoms with Crippen LogP contribution in [-0.2, 0) is 6.54 Å². The number of nitrogens with zero attached hydrogens (tertiary/aromatic N) is 3. The number of carbonyl (C=O) groups is 1. The molecule has 0 spiro atoms. The molecule has 1 aliphatic rings. The maximum absolute atomic E-state index is 12.4. The quantitative estimate of drug-likeness (QED) is 0.681. The number of hydrogen-bond donors (Lipinski definition) is 1. The summed E-state index contributed by atoms with van der Waals surface area (Å²) in [5, 5.41) is 0. The average molecular weight is 364 g/mol. The molecule has 3 aromatic rings. The number of aromatic nitrogens is 2. The van der Waals surface area contributed by atoms with Gasteiger partial charge in [-0.05, 0) is 12.1 Å². The Kier molecular flexibility index (Phi) is 5.18. The van der Waals surface area contributed by atoms with Crippen LogP contribution < -0.4 is 4.74 Å². The SMILES string of the molecule is COc1ccc2nc(CN3CCN(CC(=O)c4ccccc4)CC3)[nH]c2c1. The predicted molar refractivity (Wildman–Crippen MR) is 105 cm³/mol. The smallest absolute Gasteiger partial charge is 0.176 e. The van der Waals surface area contributed by atoms with Crippen molar-refractivity contribution in [2.24, 2.45) is 0 Å². The highest BCUT2D eigenvalue weighted by Gasteiger charge is 2.20. The molecule has 6 heteroatoms. The molecule has 0 amide bonds. The molecule has 2 heterocycles. The van der Waals surface area contributed by atoms with Crippen molar-refractivity contribution in [3.05, 3.63) is 59.9 Å². The molecule has 4 rings (SSSR count). The van der Waals surface area contributed by atoms with E-state index in [9.17, 15) is 4.79 Å². The third-order valence-electron chi connectivity index (χ3n) is 5.04. The van der Waals surface area contributed by atoms with Crippen LogP contribution in [-0.4, -0.2) is 65.4 Å². The largest absolute Gasteiger partial charge is 0.497 e. The third-order valence-corrected chi connectivity index (χ3v) is 5.04. The Morgan fingerprint density at radius 2 is 1.81 bits per heavy atom. The Morgan fingerprint density at radius 3 is 2.56 bits per heavy atom. The number of hydrogen-bond acceptors (Lipinski definition) is 5. The summed E-state index contributed by atoms with van der Waals surface area (Å²) in [4.78, 5) is 25.0. The molecule has 6 nitrogen and oxygen atoms in total. The Bertz CT molecular complexity index is 914. The highest BCUT2D eigenvalue weighted by Crippen LogP contribution is 2.19. The first-order valence-electron chi connectivity index (χ1n) is 9.27. The summed E-state index contributed by atoms with van der Waals surface area (Å²) in [6.45, 7) is 4.93. The summed E-state index contributed by atoms with van der Waals surface area (Å²) in [5.41, 5.74) is 2.74. The van der Waals surface area contributed by atoms with Gasteiger partial charge in [-0.1, -0.05) is 30.3 Å². The Balaban J connectivity index is 1.31. The van der Waals surface area contributed by atoms with E-state index in [0.29, 0.717) is 6.54 Å². The van der Waals surface area contributed by atoms with Gasteiger partial charge in [0.05, 0.1) is 31.2 Å². The molecule has 1 N–H and O–H groups in total. The van der Waals surface area contributed by atoms with Crippen molar-refractivity contribution in [3.8, 4) is 5.75 Å². The summed E-state index contributed by atoms with van der Waals surface area (Å²) >= 11 is 0. The molecule has 1 saturated heterocycles. The lowest BCUT2D eigenvalue weighted by atomic mass is 10.1. The van der Waals surface area contributed by atoms with Gasteiger partial charge >= 0.3 is 0 Å². The number of H-pyrrole nitrogens is 1. The average Bonchev–Trinajstić information content (AvgIpc) is 3.11. The maximum atomic E-state index is 12.4. The molecule has 1 aromatic heterocycles. The molecule has 0 atom stereocenters. The first-order chi connectivity index (χ1) is 13.2. The number of fused-ring (bicyclic) bond motifs is 1. The maximum Gasteiger partial charge on any atom is 0.176 e. The normalized spacial score (nSPS) is 15.9. The summed E-state index contributed by atoms with van der Waals surface area (Å²) in [6, 6.07) is 15.4. The van der Waals surface area contributed by atoms with Gasteiger partial charge in [0.25, 0.3) is 0 Å². The lowest BCUT2D eigenvalue weighted by Crippen LogP contribution is -2.47. The molecule has 27 heavy (non-hydrogen) atoms. The van der Waals surface area contributed by atoms with E-state index in [4.69, 9.17) is 4.74 Å². The van der Waals surface area contributed by atoms with Gasteiger partial charge in [0.15, 0.2) is 5.78 Å². The van der Waals surface area contributed by atoms with E-state index in [1.54, 1.807) is 7.11 Å². The summed E-state index contributed by atoms with van der Waals surface area (Å²) < 4.78 is 5.27. The van der Waals surface area contributed by atoms with E-state index in [-0.39, 0.29) is 5.78 Å². The number of imidazole rings is 1. The van der Waals surface area contributed by atoms with Gasteiger partial charge < -0.3 is 9.72 Å². The number of ether oxygens (including phenoxy) is 1. The van der Waals surface area contributed by atoms with Gasteiger partial charge in [0, 0.05) is 37.8 Å². The molecule has 0 unspecified atom stereocenters. The number of rotatable bonds is 6. The number of benzene rings is 2. The number of nitrogens with one attached hydrogen (secondary N) is 1. The van der Waals surface area contributed by atoms with E-state index in [0.717, 1.165) is 60.9 Å². The zero-order valence-corrected chi connectivity index (χ0v) is 15.5. The molecule has 1 fully saturated rings. The van der Waals surface area contributed by atoms with Crippen molar-refractivity contribution in [3.63, 3.8) is 0 Å². The summed E-state index contributed by atoms with van der Waals surface area (Å²) in [5.74, 6) is 1.98. The molecule has 1 aliphatic heterocycles. The second kappa shape index (κ2) is 7.90. The lowest BCUT2D eigenvalue weighted by molar-refractivity contribution is 0.0840. The van der Waals surface area contributed by atoms with Gasteiger partial charge in [0.1, 0.15) is 11.6 Å². The molecule has 140 valence electrons. The van der Waals surface area contributed by atoms with E-state index in [1.807, 2.05) is 48.5 Å². The summed E-state index contributed by atoms with van der Waals surface area (Å²) in [6.07, 6.45) is 0. The van der Waals surface area contributed by atoms with Gasteiger partial charge in [-0.15, -0.1) is 0 Å². The number of aromatic amines is 1. The Hall–Kier alpha value is -2.70. The summed E-state index contributed by atoms with van der Waals surface area (Å²) in [7, 11) is 1.67. The second-order valence-electron chi connectivity index (χ2n) is 6.91. The van der Waals surface area contributed by atoms with Crippen molar-refractivity contribution < 1.29 is 9.53 Å². The zero-order chi connectivity index (χ0) is 18.6. The van der Waals surface area contributed by atoms with Gasteiger partial charge in [0.2, 0.25) is 0 Å². The van der Waals surface area contributed by atoms with Crippen LogP contribution in [0.15, 0.2) is 48.5 Å². The van der Waals surface area contributed by atoms with Gasteiger partial charge in [-0.3, -0.25) is 14.6 Å². The van der Waals surface area contributed by atoms with E-state index in [1.165, 1.54) is 0 Å². The number of methoxy groups -OCH3 is 1. The number of ketones is 1. The lowest BCUT2D eigenvalue weighted by Gasteiger charge is -2.33. The minimum atomic E-state index is 0.190. The van der Waals surface area contributed by atoms with Crippen molar-refractivity contribution in [2.45, 2.75) is 6.54 Å². The second-order valence-corrected chi connectivity index (χ2v) is 6.91. The zero-order valence-electron chi connectivity index (χ0n) is 15.5. The molecular weight excluding hydrogens is 340 g/mol. The Labute approximate surface area is 158 Å². The van der Waals surface area contributed by atoms with Crippen molar-refractivity contribution in [2.75, 3.05) is 39.8 Å². The van der Waals surface area contributed by atoms with Crippen molar-refractivity contribution in [1.29, 1.82) is 0 Å². The molecular formula is C21H24N4O2. The highest BCUT2D eigenvalue weighted by atomic mass is 16.5. The van der Waals surface area contributed by atoms with Crippen LogP contribution in [0.4, 0.5) is 0 Å². The fraction of sp³-hybridized carbons (Fsp3) is 0.333. The van der Waals surface area contributed by atoms with Crippen LogP contribution in [0.2, 0.25) is 0 Å². The fourth-order valence-electron chi connectivity index (χ4n) is 3.48. The van der Waals surface area contributed by atoms with Crippen LogP contribution in [0.5, 0.6) is 5.75 Å². The predicted octanol–water partition coefficient (Wildman–Crippen LogP) is 2.57. The van der Waals surface area contributed by atoms with Crippen LogP contribution in [0.25, 0.3) is 11.0 Å². The monoisotopic (exact) mass is 364 g/mol. The minimum absolute atomic E-state index is 0.190. The number of piperazine rings is 1. The van der Waals surface area contributed by atoms with Crippen LogP contribution in [0, 0.1) is 0 Å². The van der Waals surface area contributed by atoms with Gasteiger partial charge in [-0.2, -0.15) is 0 Å². The van der Waals surface area contributed by atoms with E-state index in [2.05, 4.69) is 19.8 Å². The highest BCUT2D eigenvalue weighted by molar-refractivity contribution is 5.97. The topological polar surface area (TPSA) is 61.5 Å². The Morgan fingerprint density at radius 1 is 1.07 bits per heavy atom. The van der Waals surface area contributed by atoms with Crippen LogP contribution >= 0.6 is 0 Å². The van der Waals surface area contributed by atoms with Crippen molar-refractivity contribution >= 4 is 16.8 Å². The molecule has 0 bridgehead atoms. The van der Waals surface area contributed by atoms with E-state index < -0.39 is 0 Å². The number of Topliss-reactive ketones (excluding diaryl/α,β-unsaturated/α-hetero) is 1. The van der Waals surface area contributed by atoms with Crippen molar-refractivity contribution in [1.82, 2.24) is 19.8 Å². The van der Waals surface area contributed by atoms with Crippen LogP contribution in [0.3, 0.4) is 0 Å².